The highest BCUT2D eigenvalue weighted by molar-refractivity contribution is 5.62. The summed E-state index contributed by atoms with van der Waals surface area (Å²) in [6.45, 7) is 7.22. The summed E-state index contributed by atoms with van der Waals surface area (Å²) < 4.78 is 5.30. The molecule has 0 aliphatic heterocycles. The molecule has 1 aromatic heterocycles. The molecular formula is C11H17N3O. The third-order valence-electron chi connectivity index (χ3n) is 2.03. The highest BCUT2D eigenvalue weighted by Crippen LogP contribution is 2.19. The quantitative estimate of drug-likeness (QED) is 0.548. The van der Waals surface area contributed by atoms with E-state index >= 15 is 0 Å². The molecule has 0 aliphatic carbocycles. The van der Waals surface area contributed by atoms with Gasteiger partial charge in [-0.3, -0.25) is 4.99 Å². The minimum atomic E-state index is 0.680. The maximum absolute atomic E-state index is 5.30. The van der Waals surface area contributed by atoms with Gasteiger partial charge < -0.3 is 4.74 Å². The molecule has 0 spiro atoms. The van der Waals surface area contributed by atoms with Gasteiger partial charge >= 0.3 is 0 Å². The Morgan fingerprint density at radius 3 is 2.93 bits per heavy atom. The van der Waals surface area contributed by atoms with Crippen LogP contribution in [0.5, 0.6) is 0 Å². The molecular weight excluding hydrogens is 190 g/mol. The van der Waals surface area contributed by atoms with Crippen molar-refractivity contribution in [2.75, 3.05) is 13.2 Å². The molecule has 0 fully saturated rings. The van der Waals surface area contributed by atoms with E-state index in [0.717, 1.165) is 30.1 Å². The van der Waals surface area contributed by atoms with Crippen molar-refractivity contribution in [1.82, 2.24) is 9.97 Å². The standard InChI is InChI=1S/C11H17N3O/c1-4-12-11-9(3)13-8-14-10(11)6-7-15-5-2/h4,8H,5-7H2,1-3H3. The number of ether oxygens (including phenoxy) is 1. The van der Waals surface area contributed by atoms with Crippen LogP contribution in [0.25, 0.3) is 0 Å². The van der Waals surface area contributed by atoms with E-state index < -0.39 is 0 Å². The number of nitrogens with zero attached hydrogens (tertiary/aromatic N) is 3. The number of aryl methyl sites for hydroxylation is 1. The zero-order chi connectivity index (χ0) is 11.1. The van der Waals surface area contributed by atoms with Gasteiger partial charge in [-0.15, -0.1) is 0 Å². The molecule has 0 saturated carbocycles. The van der Waals surface area contributed by atoms with Gasteiger partial charge in [-0.25, -0.2) is 9.97 Å². The molecule has 4 heteroatoms. The number of hydrogen-bond acceptors (Lipinski definition) is 4. The van der Waals surface area contributed by atoms with Crippen LogP contribution in [-0.2, 0) is 11.2 Å². The van der Waals surface area contributed by atoms with Gasteiger partial charge in [-0.05, 0) is 20.8 Å². The Hall–Kier alpha value is -1.29. The summed E-state index contributed by atoms with van der Waals surface area (Å²) in [5.41, 5.74) is 2.74. The molecule has 0 aliphatic rings. The monoisotopic (exact) mass is 207 g/mol. The van der Waals surface area contributed by atoms with Crippen molar-refractivity contribution < 1.29 is 4.74 Å². The van der Waals surface area contributed by atoms with Gasteiger partial charge in [0.15, 0.2) is 0 Å². The van der Waals surface area contributed by atoms with E-state index in [1.807, 2.05) is 20.8 Å². The van der Waals surface area contributed by atoms with Gasteiger partial charge in [0.25, 0.3) is 0 Å². The van der Waals surface area contributed by atoms with Gasteiger partial charge in [-0.2, -0.15) is 0 Å². The van der Waals surface area contributed by atoms with Crippen LogP contribution in [0.3, 0.4) is 0 Å². The van der Waals surface area contributed by atoms with E-state index in [1.54, 1.807) is 12.5 Å². The Morgan fingerprint density at radius 2 is 2.27 bits per heavy atom. The van der Waals surface area contributed by atoms with Crippen molar-refractivity contribution in [2.24, 2.45) is 4.99 Å². The number of rotatable bonds is 5. The molecule has 0 N–H and O–H groups in total. The van der Waals surface area contributed by atoms with Crippen LogP contribution in [0, 0.1) is 6.92 Å². The molecule has 0 radical (unpaired) electrons. The third-order valence-corrected chi connectivity index (χ3v) is 2.03. The molecule has 0 bridgehead atoms. The third kappa shape index (κ3) is 3.40. The van der Waals surface area contributed by atoms with Crippen LogP contribution in [0.1, 0.15) is 25.2 Å². The fourth-order valence-corrected chi connectivity index (χ4v) is 1.31. The van der Waals surface area contributed by atoms with Crippen LogP contribution in [0.2, 0.25) is 0 Å². The van der Waals surface area contributed by atoms with Crippen molar-refractivity contribution in [3.63, 3.8) is 0 Å². The van der Waals surface area contributed by atoms with Crippen LogP contribution in [-0.4, -0.2) is 29.4 Å². The van der Waals surface area contributed by atoms with Crippen molar-refractivity contribution in [3.8, 4) is 0 Å². The summed E-state index contributed by atoms with van der Waals surface area (Å²) in [5, 5.41) is 0. The first-order chi connectivity index (χ1) is 7.29. The van der Waals surface area contributed by atoms with Crippen molar-refractivity contribution in [1.29, 1.82) is 0 Å². The van der Waals surface area contributed by atoms with E-state index in [1.165, 1.54) is 0 Å². The summed E-state index contributed by atoms with van der Waals surface area (Å²) in [5.74, 6) is 0. The molecule has 4 nitrogen and oxygen atoms in total. The smallest absolute Gasteiger partial charge is 0.116 e. The second kappa shape index (κ2) is 6.24. The van der Waals surface area contributed by atoms with E-state index in [0.29, 0.717) is 6.61 Å². The summed E-state index contributed by atoms with van der Waals surface area (Å²) in [4.78, 5) is 12.6. The van der Waals surface area contributed by atoms with Gasteiger partial charge in [0.05, 0.1) is 18.0 Å². The van der Waals surface area contributed by atoms with E-state index in [-0.39, 0.29) is 0 Å². The summed E-state index contributed by atoms with van der Waals surface area (Å²) in [6, 6.07) is 0. The Bertz CT molecular complexity index is 337. The summed E-state index contributed by atoms with van der Waals surface area (Å²) in [7, 11) is 0. The van der Waals surface area contributed by atoms with Crippen molar-refractivity contribution in [3.05, 3.63) is 17.7 Å². The second-order valence-electron chi connectivity index (χ2n) is 3.09. The molecule has 82 valence electrons. The maximum Gasteiger partial charge on any atom is 0.116 e. The predicted molar refractivity (Wildman–Crippen MR) is 60.8 cm³/mol. The minimum absolute atomic E-state index is 0.680. The number of hydrogen-bond donors (Lipinski definition) is 0. The fourth-order valence-electron chi connectivity index (χ4n) is 1.31. The molecule has 0 aromatic carbocycles. The highest BCUT2D eigenvalue weighted by Gasteiger charge is 2.06. The lowest BCUT2D eigenvalue weighted by molar-refractivity contribution is 0.150. The topological polar surface area (TPSA) is 47.4 Å². The first kappa shape index (κ1) is 11.8. The van der Waals surface area contributed by atoms with Gasteiger partial charge in [-0.1, -0.05) is 0 Å². The maximum atomic E-state index is 5.30. The van der Waals surface area contributed by atoms with E-state index in [2.05, 4.69) is 15.0 Å². The number of aliphatic imine (C=N–C) groups is 1. The molecule has 15 heavy (non-hydrogen) atoms. The second-order valence-corrected chi connectivity index (χ2v) is 3.09. The fraction of sp³-hybridized carbons (Fsp3) is 0.545. The van der Waals surface area contributed by atoms with Gasteiger partial charge in [0.1, 0.15) is 12.0 Å². The Morgan fingerprint density at radius 1 is 1.47 bits per heavy atom. The lowest BCUT2D eigenvalue weighted by atomic mass is 10.2. The molecule has 0 amide bonds. The molecule has 1 rings (SSSR count). The van der Waals surface area contributed by atoms with Crippen LogP contribution in [0.4, 0.5) is 5.69 Å². The molecule has 1 heterocycles. The lowest BCUT2D eigenvalue weighted by Crippen LogP contribution is -2.02. The zero-order valence-corrected chi connectivity index (χ0v) is 9.53. The lowest BCUT2D eigenvalue weighted by Gasteiger charge is -2.06. The largest absolute Gasteiger partial charge is 0.381 e. The molecule has 0 saturated heterocycles. The first-order valence-corrected chi connectivity index (χ1v) is 5.16. The van der Waals surface area contributed by atoms with Crippen LogP contribution >= 0.6 is 0 Å². The SMILES string of the molecule is CC=Nc1c(C)ncnc1CCOCC. The molecule has 1 aromatic rings. The van der Waals surface area contributed by atoms with Crippen LogP contribution < -0.4 is 0 Å². The Kier molecular flexibility index (Phi) is 4.90. The Labute approximate surface area is 90.4 Å². The van der Waals surface area contributed by atoms with Gasteiger partial charge in [0, 0.05) is 19.2 Å². The predicted octanol–water partition coefficient (Wildman–Crippen LogP) is 2.09. The highest BCUT2D eigenvalue weighted by atomic mass is 16.5. The minimum Gasteiger partial charge on any atom is -0.381 e. The Balaban J connectivity index is 2.81. The van der Waals surface area contributed by atoms with E-state index in [9.17, 15) is 0 Å². The van der Waals surface area contributed by atoms with Crippen LogP contribution in [0.15, 0.2) is 11.3 Å². The normalized spacial score (nSPS) is 11.1. The average molecular weight is 207 g/mol. The number of aromatic nitrogens is 2. The molecule has 0 unspecified atom stereocenters. The summed E-state index contributed by atoms with van der Waals surface area (Å²) >= 11 is 0. The first-order valence-electron chi connectivity index (χ1n) is 5.16. The van der Waals surface area contributed by atoms with Gasteiger partial charge in [0.2, 0.25) is 0 Å². The van der Waals surface area contributed by atoms with Crippen molar-refractivity contribution >= 4 is 11.9 Å². The van der Waals surface area contributed by atoms with E-state index in [4.69, 9.17) is 4.74 Å². The molecule has 0 atom stereocenters. The summed E-state index contributed by atoms with van der Waals surface area (Å²) in [6.07, 6.45) is 4.12. The zero-order valence-electron chi connectivity index (χ0n) is 9.53. The van der Waals surface area contributed by atoms with Crippen molar-refractivity contribution in [2.45, 2.75) is 27.2 Å². The average Bonchev–Trinajstić information content (AvgIpc) is 2.23.